The molecule has 5 nitrogen and oxygen atoms in total. The summed E-state index contributed by atoms with van der Waals surface area (Å²) in [5.74, 6) is 4.80. The van der Waals surface area contributed by atoms with Crippen molar-refractivity contribution in [1.82, 2.24) is 15.4 Å². The van der Waals surface area contributed by atoms with Gasteiger partial charge in [-0.2, -0.15) is 0 Å². The molecule has 2 aromatic heterocycles. The number of fused-ring (bicyclic) bond motifs is 1. The summed E-state index contributed by atoms with van der Waals surface area (Å²) < 4.78 is 0. The molecular weight excluding hydrogens is 204 g/mol. The molecule has 16 heavy (non-hydrogen) atoms. The number of carbonyl (C=O) groups is 1. The quantitative estimate of drug-likeness (QED) is 0.420. The predicted molar refractivity (Wildman–Crippen MR) is 60.7 cm³/mol. The standard InChI is InChI=1S/C11H12N4O/c1-6-3-4-8-9(11(16)15-12)5-7(2)14-10(8)13-6/h3-5H,12H2,1-2H3,(H,15,16). The van der Waals surface area contributed by atoms with Gasteiger partial charge in [-0.25, -0.2) is 15.8 Å². The molecule has 0 aliphatic heterocycles. The molecule has 1 amide bonds. The lowest BCUT2D eigenvalue weighted by atomic mass is 10.1. The maximum atomic E-state index is 11.6. The SMILES string of the molecule is Cc1ccc2c(C(=O)NN)cc(C)nc2n1. The van der Waals surface area contributed by atoms with Crippen LogP contribution in [0.2, 0.25) is 0 Å². The highest BCUT2D eigenvalue weighted by Gasteiger charge is 2.11. The Morgan fingerprint density at radius 3 is 2.62 bits per heavy atom. The number of nitrogen functional groups attached to an aromatic ring is 1. The smallest absolute Gasteiger partial charge is 0.265 e. The average molecular weight is 216 g/mol. The summed E-state index contributed by atoms with van der Waals surface area (Å²) in [5.41, 5.74) is 4.79. The van der Waals surface area contributed by atoms with E-state index in [-0.39, 0.29) is 5.91 Å². The lowest BCUT2D eigenvalue weighted by molar-refractivity contribution is 0.0955. The summed E-state index contributed by atoms with van der Waals surface area (Å²) >= 11 is 0. The van der Waals surface area contributed by atoms with Crippen molar-refractivity contribution in [3.05, 3.63) is 35.2 Å². The summed E-state index contributed by atoms with van der Waals surface area (Å²) in [6, 6.07) is 5.36. The van der Waals surface area contributed by atoms with Crippen LogP contribution in [-0.2, 0) is 0 Å². The van der Waals surface area contributed by atoms with Crippen molar-refractivity contribution >= 4 is 16.9 Å². The van der Waals surface area contributed by atoms with Gasteiger partial charge in [-0.1, -0.05) is 0 Å². The van der Waals surface area contributed by atoms with Gasteiger partial charge in [-0.3, -0.25) is 10.2 Å². The second-order valence-electron chi connectivity index (χ2n) is 3.61. The minimum absolute atomic E-state index is 0.332. The number of nitrogens with two attached hydrogens (primary N) is 1. The molecule has 0 aliphatic carbocycles. The molecule has 0 unspecified atom stereocenters. The maximum absolute atomic E-state index is 11.6. The Hall–Kier alpha value is -2.01. The van der Waals surface area contributed by atoms with Crippen molar-refractivity contribution in [3.8, 4) is 0 Å². The molecular formula is C11H12N4O. The summed E-state index contributed by atoms with van der Waals surface area (Å²) in [6.07, 6.45) is 0. The van der Waals surface area contributed by atoms with Crippen LogP contribution >= 0.6 is 0 Å². The molecule has 82 valence electrons. The number of amides is 1. The molecule has 3 N–H and O–H groups in total. The number of carbonyl (C=O) groups excluding carboxylic acids is 1. The highest BCUT2D eigenvalue weighted by molar-refractivity contribution is 6.05. The van der Waals surface area contributed by atoms with Crippen LogP contribution in [0.3, 0.4) is 0 Å². The van der Waals surface area contributed by atoms with Crippen molar-refractivity contribution in [2.45, 2.75) is 13.8 Å². The Bertz CT molecular complexity index is 560. The molecule has 0 fully saturated rings. The van der Waals surface area contributed by atoms with Crippen molar-refractivity contribution < 1.29 is 4.79 Å². The zero-order valence-corrected chi connectivity index (χ0v) is 9.11. The van der Waals surface area contributed by atoms with Gasteiger partial charge in [-0.05, 0) is 32.0 Å². The van der Waals surface area contributed by atoms with Crippen LogP contribution in [0.15, 0.2) is 18.2 Å². The number of aryl methyl sites for hydroxylation is 2. The second kappa shape index (κ2) is 3.86. The minimum atomic E-state index is -0.332. The van der Waals surface area contributed by atoms with Crippen LogP contribution in [0, 0.1) is 13.8 Å². The Labute approximate surface area is 92.7 Å². The lowest BCUT2D eigenvalue weighted by Gasteiger charge is -2.06. The summed E-state index contributed by atoms with van der Waals surface area (Å²) in [7, 11) is 0. The molecule has 2 rings (SSSR count). The van der Waals surface area contributed by atoms with Crippen LogP contribution in [0.1, 0.15) is 21.7 Å². The minimum Gasteiger partial charge on any atom is -0.290 e. The molecule has 2 heterocycles. The van der Waals surface area contributed by atoms with E-state index in [1.54, 1.807) is 6.07 Å². The van der Waals surface area contributed by atoms with Gasteiger partial charge >= 0.3 is 0 Å². The normalized spacial score (nSPS) is 10.4. The third-order valence-electron chi connectivity index (χ3n) is 2.32. The summed E-state index contributed by atoms with van der Waals surface area (Å²) in [4.78, 5) is 20.1. The van der Waals surface area contributed by atoms with Crippen LogP contribution in [0.4, 0.5) is 0 Å². The van der Waals surface area contributed by atoms with Crippen LogP contribution < -0.4 is 11.3 Å². The largest absolute Gasteiger partial charge is 0.290 e. The molecule has 0 saturated heterocycles. The van der Waals surface area contributed by atoms with Gasteiger partial charge in [0.05, 0.1) is 5.56 Å². The van der Waals surface area contributed by atoms with Crippen molar-refractivity contribution in [3.63, 3.8) is 0 Å². The fourth-order valence-corrected chi connectivity index (χ4v) is 1.59. The van der Waals surface area contributed by atoms with Crippen molar-refractivity contribution in [1.29, 1.82) is 0 Å². The first kappa shape index (κ1) is 10.5. The third-order valence-corrected chi connectivity index (χ3v) is 2.32. The van der Waals surface area contributed by atoms with Gasteiger partial charge in [0.1, 0.15) is 0 Å². The molecule has 5 heteroatoms. The number of hydrogen-bond donors (Lipinski definition) is 2. The first-order valence-electron chi connectivity index (χ1n) is 4.88. The van der Waals surface area contributed by atoms with Crippen LogP contribution in [-0.4, -0.2) is 15.9 Å². The fraction of sp³-hybridized carbons (Fsp3) is 0.182. The number of aromatic nitrogens is 2. The first-order chi connectivity index (χ1) is 7.61. The molecule has 0 bridgehead atoms. The van der Waals surface area contributed by atoms with E-state index in [0.29, 0.717) is 16.6 Å². The van der Waals surface area contributed by atoms with E-state index in [1.165, 1.54) is 0 Å². The van der Waals surface area contributed by atoms with E-state index in [1.807, 2.05) is 26.0 Å². The van der Waals surface area contributed by atoms with E-state index >= 15 is 0 Å². The first-order valence-corrected chi connectivity index (χ1v) is 4.88. The summed E-state index contributed by atoms with van der Waals surface area (Å²) in [5, 5.41) is 0.708. The van der Waals surface area contributed by atoms with Crippen molar-refractivity contribution in [2.24, 2.45) is 5.84 Å². The Morgan fingerprint density at radius 1 is 1.25 bits per heavy atom. The van der Waals surface area contributed by atoms with Gasteiger partial charge in [0.25, 0.3) is 5.91 Å². The van der Waals surface area contributed by atoms with Crippen molar-refractivity contribution in [2.75, 3.05) is 0 Å². The van der Waals surface area contributed by atoms with Gasteiger partial charge < -0.3 is 0 Å². The highest BCUT2D eigenvalue weighted by Crippen LogP contribution is 2.17. The van der Waals surface area contributed by atoms with Crippen LogP contribution in [0.25, 0.3) is 11.0 Å². The molecule has 2 aromatic rings. The number of hydrogen-bond acceptors (Lipinski definition) is 4. The number of hydrazine groups is 1. The van der Waals surface area contributed by atoms with E-state index in [0.717, 1.165) is 11.4 Å². The summed E-state index contributed by atoms with van der Waals surface area (Å²) in [6.45, 7) is 3.70. The van der Waals surface area contributed by atoms with Gasteiger partial charge in [0, 0.05) is 16.8 Å². The highest BCUT2D eigenvalue weighted by atomic mass is 16.2. The monoisotopic (exact) mass is 216 g/mol. The number of nitrogens with zero attached hydrogens (tertiary/aromatic N) is 2. The predicted octanol–water partition coefficient (Wildman–Crippen LogP) is 0.850. The van der Waals surface area contributed by atoms with Gasteiger partial charge in [-0.15, -0.1) is 0 Å². The Balaban J connectivity index is 2.77. The third kappa shape index (κ3) is 1.72. The Morgan fingerprint density at radius 2 is 1.94 bits per heavy atom. The van der Waals surface area contributed by atoms with E-state index in [4.69, 9.17) is 5.84 Å². The van der Waals surface area contributed by atoms with E-state index in [2.05, 4.69) is 15.4 Å². The molecule has 0 atom stereocenters. The average Bonchev–Trinajstić information content (AvgIpc) is 2.26. The number of rotatable bonds is 1. The van der Waals surface area contributed by atoms with E-state index < -0.39 is 0 Å². The van der Waals surface area contributed by atoms with Crippen LogP contribution in [0.5, 0.6) is 0 Å². The van der Waals surface area contributed by atoms with Gasteiger partial charge in [0.2, 0.25) is 0 Å². The zero-order valence-electron chi connectivity index (χ0n) is 9.11. The van der Waals surface area contributed by atoms with E-state index in [9.17, 15) is 4.79 Å². The lowest BCUT2D eigenvalue weighted by Crippen LogP contribution is -2.30. The van der Waals surface area contributed by atoms with Gasteiger partial charge in [0.15, 0.2) is 5.65 Å². The fourth-order valence-electron chi connectivity index (χ4n) is 1.59. The maximum Gasteiger partial charge on any atom is 0.265 e. The molecule has 0 aromatic carbocycles. The Kier molecular flexibility index (Phi) is 2.54. The number of pyridine rings is 2. The zero-order chi connectivity index (χ0) is 11.7. The molecule has 0 radical (unpaired) electrons. The topological polar surface area (TPSA) is 80.9 Å². The second-order valence-corrected chi connectivity index (χ2v) is 3.61. The molecule has 0 saturated carbocycles. The molecule has 0 spiro atoms. The number of nitrogens with one attached hydrogen (secondary N) is 1. The molecule has 0 aliphatic rings.